The monoisotopic (exact) mass is 454 g/mol. The number of aryl methyl sites for hydroxylation is 2. The highest BCUT2D eigenvalue weighted by Gasteiger charge is 2.45. The zero-order valence-electron chi connectivity index (χ0n) is 19.4. The van der Waals surface area contributed by atoms with E-state index in [4.69, 9.17) is 4.74 Å². The molecule has 2 atom stereocenters. The molecule has 4 heterocycles. The predicted octanol–water partition coefficient (Wildman–Crippen LogP) is 3.87. The standard InChI is InChI=1S/C25H34N4O2S/c1-4-21-11-22-23(32-21)5-8-31-25(22)6-7-29(16(2)12-25)15-18-9-20(10-18)28-24(30)19-13-26-17(3)27-14-19/h11,13-14,16,18,20H,4-10,12,15H2,1-3H3,(H,28,30)/t16-,18?,20?,25+/m0/s1. The van der Waals surface area contributed by atoms with Crippen LogP contribution >= 0.6 is 11.3 Å². The van der Waals surface area contributed by atoms with E-state index in [-0.39, 0.29) is 17.6 Å². The highest BCUT2D eigenvalue weighted by Crippen LogP contribution is 2.46. The normalized spacial score (nSPS) is 30.0. The number of likely N-dealkylation sites (tertiary alicyclic amines) is 1. The van der Waals surface area contributed by atoms with Crippen LogP contribution in [0.3, 0.4) is 0 Å². The Morgan fingerprint density at radius 2 is 2.12 bits per heavy atom. The van der Waals surface area contributed by atoms with Crippen LogP contribution in [0.5, 0.6) is 0 Å². The molecule has 2 aromatic heterocycles. The zero-order chi connectivity index (χ0) is 22.3. The van der Waals surface area contributed by atoms with Gasteiger partial charge in [0.1, 0.15) is 5.82 Å². The van der Waals surface area contributed by atoms with Crippen molar-refractivity contribution < 1.29 is 9.53 Å². The van der Waals surface area contributed by atoms with Crippen molar-refractivity contribution >= 4 is 17.2 Å². The lowest BCUT2D eigenvalue weighted by Crippen LogP contribution is -2.54. The average molecular weight is 455 g/mol. The molecule has 1 aliphatic carbocycles. The number of thiophene rings is 1. The van der Waals surface area contributed by atoms with E-state index in [1.807, 2.05) is 18.3 Å². The van der Waals surface area contributed by atoms with Gasteiger partial charge in [-0.1, -0.05) is 6.92 Å². The van der Waals surface area contributed by atoms with E-state index in [2.05, 4.69) is 40.1 Å². The van der Waals surface area contributed by atoms with Crippen molar-refractivity contribution in [2.75, 3.05) is 19.7 Å². The number of hydrogen-bond acceptors (Lipinski definition) is 6. The Labute approximate surface area is 194 Å². The largest absolute Gasteiger partial charge is 0.370 e. The fourth-order valence-electron chi connectivity index (χ4n) is 5.66. The zero-order valence-corrected chi connectivity index (χ0v) is 20.2. The fraction of sp³-hybridized carbons (Fsp3) is 0.640. The third kappa shape index (κ3) is 4.22. The third-order valence-electron chi connectivity index (χ3n) is 7.56. The van der Waals surface area contributed by atoms with Gasteiger partial charge in [0, 0.05) is 53.7 Å². The maximum atomic E-state index is 12.4. The minimum atomic E-state index is -0.0698. The Hall–Kier alpha value is -1.83. The van der Waals surface area contributed by atoms with Gasteiger partial charge in [-0.2, -0.15) is 0 Å². The Morgan fingerprint density at radius 3 is 2.84 bits per heavy atom. The average Bonchev–Trinajstić information content (AvgIpc) is 3.19. The number of hydrogen-bond donors (Lipinski definition) is 1. The minimum Gasteiger partial charge on any atom is -0.370 e. The molecule has 6 nitrogen and oxygen atoms in total. The molecule has 0 radical (unpaired) electrons. The summed E-state index contributed by atoms with van der Waals surface area (Å²) in [4.78, 5) is 26.3. The van der Waals surface area contributed by atoms with Gasteiger partial charge in [-0.25, -0.2) is 9.97 Å². The Bertz CT molecular complexity index is 969. The van der Waals surface area contributed by atoms with Crippen LogP contribution in [0.1, 0.15) is 71.0 Å². The summed E-state index contributed by atoms with van der Waals surface area (Å²) in [5.74, 6) is 1.28. The first-order chi connectivity index (χ1) is 15.5. The van der Waals surface area contributed by atoms with Crippen LogP contribution in [0.2, 0.25) is 0 Å². The SMILES string of the molecule is CCc1cc2c(s1)CCO[C@@]21CCN(CC2CC(NC(=O)c3cnc(C)nc3)C2)[C@@H](C)C1. The van der Waals surface area contributed by atoms with Crippen molar-refractivity contribution in [3.8, 4) is 0 Å². The first-order valence-electron chi connectivity index (χ1n) is 12.1. The number of rotatable bonds is 5. The molecule has 2 aromatic rings. The second kappa shape index (κ2) is 8.84. The molecule has 3 aliphatic rings. The van der Waals surface area contributed by atoms with Gasteiger partial charge in [0.25, 0.3) is 5.91 Å². The van der Waals surface area contributed by atoms with Crippen LogP contribution in [-0.2, 0) is 23.2 Å². The summed E-state index contributed by atoms with van der Waals surface area (Å²) in [5, 5.41) is 3.14. The lowest BCUT2D eigenvalue weighted by molar-refractivity contribution is -0.114. The van der Waals surface area contributed by atoms with Crippen LogP contribution < -0.4 is 5.32 Å². The molecule has 1 N–H and O–H groups in total. The molecule has 0 unspecified atom stereocenters. The van der Waals surface area contributed by atoms with Crippen LogP contribution in [0.4, 0.5) is 0 Å². The van der Waals surface area contributed by atoms with Gasteiger partial charge in [0.05, 0.1) is 17.8 Å². The van der Waals surface area contributed by atoms with Gasteiger partial charge in [0.15, 0.2) is 0 Å². The molecule has 2 fully saturated rings. The number of amides is 1. The topological polar surface area (TPSA) is 67.3 Å². The van der Waals surface area contributed by atoms with Gasteiger partial charge in [-0.3, -0.25) is 4.79 Å². The Kier molecular flexibility index (Phi) is 6.07. The number of carbonyl (C=O) groups is 1. The summed E-state index contributed by atoms with van der Waals surface area (Å²) in [5.41, 5.74) is 1.96. The number of aromatic nitrogens is 2. The lowest BCUT2D eigenvalue weighted by atomic mass is 9.76. The highest BCUT2D eigenvalue weighted by atomic mass is 32.1. The summed E-state index contributed by atoms with van der Waals surface area (Å²) in [7, 11) is 0. The van der Waals surface area contributed by atoms with E-state index < -0.39 is 0 Å². The molecule has 2 aliphatic heterocycles. The van der Waals surface area contributed by atoms with E-state index in [9.17, 15) is 4.79 Å². The molecular weight excluding hydrogens is 420 g/mol. The highest BCUT2D eigenvalue weighted by molar-refractivity contribution is 7.12. The summed E-state index contributed by atoms with van der Waals surface area (Å²) < 4.78 is 6.49. The molecular formula is C25H34N4O2S. The molecule has 1 spiro atoms. The van der Waals surface area contributed by atoms with Crippen LogP contribution in [0.25, 0.3) is 0 Å². The summed E-state index contributed by atoms with van der Waals surface area (Å²) in [6, 6.07) is 3.21. The van der Waals surface area contributed by atoms with E-state index in [1.165, 1.54) is 10.4 Å². The van der Waals surface area contributed by atoms with Gasteiger partial charge >= 0.3 is 0 Å². The number of nitrogens with zero attached hydrogens (tertiary/aromatic N) is 3. The van der Waals surface area contributed by atoms with Gasteiger partial charge < -0.3 is 15.0 Å². The third-order valence-corrected chi connectivity index (χ3v) is 8.90. The first-order valence-corrected chi connectivity index (χ1v) is 12.9. The molecule has 0 bridgehead atoms. The molecule has 1 saturated carbocycles. The smallest absolute Gasteiger partial charge is 0.254 e. The Morgan fingerprint density at radius 1 is 1.34 bits per heavy atom. The molecule has 0 aromatic carbocycles. The van der Waals surface area contributed by atoms with Crippen molar-refractivity contribution in [3.63, 3.8) is 0 Å². The van der Waals surface area contributed by atoms with Crippen LogP contribution in [0, 0.1) is 12.8 Å². The second-order valence-corrected chi connectivity index (χ2v) is 11.0. The molecule has 1 amide bonds. The van der Waals surface area contributed by atoms with Gasteiger partial charge in [-0.05, 0) is 63.5 Å². The minimum absolute atomic E-state index is 0.0609. The van der Waals surface area contributed by atoms with Crippen LogP contribution in [-0.4, -0.2) is 52.6 Å². The van der Waals surface area contributed by atoms with Gasteiger partial charge in [-0.15, -0.1) is 11.3 Å². The number of carbonyl (C=O) groups excluding carboxylic acids is 1. The molecule has 32 heavy (non-hydrogen) atoms. The molecule has 7 heteroatoms. The first kappa shape index (κ1) is 22.0. The summed E-state index contributed by atoms with van der Waals surface area (Å²) in [6.07, 6.45) is 9.68. The van der Waals surface area contributed by atoms with E-state index >= 15 is 0 Å². The van der Waals surface area contributed by atoms with Crippen molar-refractivity contribution in [1.29, 1.82) is 0 Å². The van der Waals surface area contributed by atoms with Crippen molar-refractivity contribution in [2.45, 2.75) is 77.0 Å². The number of nitrogens with one attached hydrogen (secondary N) is 1. The van der Waals surface area contributed by atoms with E-state index in [1.54, 1.807) is 17.3 Å². The summed E-state index contributed by atoms with van der Waals surface area (Å²) in [6.45, 7) is 9.50. The second-order valence-electron chi connectivity index (χ2n) is 9.82. The van der Waals surface area contributed by atoms with Crippen molar-refractivity contribution in [1.82, 2.24) is 20.2 Å². The lowest BCUT2D eigenvalue weighted by Gasteiger charge is -2.49. The number of piperidine rings is 1. The summed E-state index contributed by atoms with van der Waals surface area (Å²) >= 11 is 2.00. The Balaban J connectivity index is 1.13. The number of fused-ring (bicyclic) bond motifs is 2. The fourth-order valence-corrected chi connectivity index (χ4v) is 6.84. The van der Waals surface area contributed by atoms with Crippen LogP contribution in [0.15, 0.2) is 18.5 Å². The van der Waals surface area contributed by atoms with E-state index in [0.29, 0.717) is 23.3 Å². The molecule has 172 valence electrons. The van der Waals surface area contributed by atoms with E-state index in [0.717, 1.165) is 58.2 Å². The number of ether oxygens (including phenoxy) is 1. The maximum Gasteiger partial charge on any atom is 0.254 e. The van der Waals surface area contributed by atoms with Crippen molar-refractivity contribution in [2.24, 2.45) is 5.92 Å². The van der Waals surface area contributed by atoms with Gasteiger partial charge in [0.2, 0.25) is 0 Å². The van der Waals surface area contributed by atoms with Crippen molar-refractivity contribution in [3.05, 3.63) is 45.2 Å². The molecule has 5 rings (SSSR count). The molecule has 1 saturated heterocycles. The maximum absolute atomic E-state index is 12.4. The predicted molar refractivity (Wildman–Crippen MR) is 126 cm³/mol. The quantitative estimate of drug-likeness (QED) is 0.743.